The van der Waals surface area contributed by atoms with Gasteiger partial charge in [-0.15, -0.1) is 0 Å². The van der Waals surface area contributed by atoms with Crippen molar-refractivity contribution in [1.29, 1.82) is 0 Å². The third-order valence-electron chi connectivity index (χ3n) is 3.09. The van der Waals surface area contributed by atoms with Crippen molar-refractivity contribution in [3.8, 4) is 17.2 Å². The van der Waals surface area contributed by atoms with Crippen LogP contribution in [0.1, 0.15) is 15.9 Å². The highest BCUT2D eigenvalue weighted by Gasteiger charge is 2.16. The van der Waals surface area contributed by atoms with Gasteiger partial charge in [-0.25, -0.2) is 4.39 Å². The normalized spacial score (nSPS) is 10.2. The molecular formula is C16H15FO4. The Labute approximate surface area is 121 Å². The van der Waals surface area contributed by atoms with Crippen LogP contribution in [-0.2, 0) is 0 Å². The highest BCUT2D eigenvalue weighted by Crippen LogP contribution is 2.30. The van der Waals surface area contributed by atoms with Crippen LogP contribution in [0.25, 0.3) is 0 Å². The summed E-state index contributed by atoms with van der Waals surface area (Å²) in [5, 5.41) is 10.0. The number of ketones is 1. The van der Waals surface area contributed by atoms with Crippen LogP contribution in [0.5, 0.6) is 17.2 Å². The number of hydrogen-bond donors (Lipinski definition) is 1. The van der Waals surface area contributed by atoms with Gasteiger partial charge in [0.25, 0.3) is 0 Å². The molecule has 0 atom stereocenters. The Hall–Kier alpha value is -2.56. The molecule has 0 bridgehead atoms. The van der Waals surface area contributed by atoms with Gasteiger partial charge in [0.05, 0.1) is 12.7 Å². The van der Waals surface area contributed by atoms with E-state index in [0.717, 1.165) is 0 Å². The van der Waals surface area contributed by atoms with Crippen molar-refractivity contribution in [2.45, 2.75) is 6.92 Å². The molecule has 1 N–H and O–H groups in total. The number of Topliss-reactive ketones (excluding diaryl/α,β-unsaturated/α-hetero) is 1. The number of hydrogen-bond acceptors (Lipinski definition) is 4. The summed E-state index contributed by atoms with van der Waals surface area (Å²) >= 11 is 0. The number of halogens is 1. The van der Waals surface area contributed by atoms with E-state index in [1.165, 1.54) is 37.4 Å². The standard InChI is InChI=1S/C16H15FO4/c1-10-15(20-2)8-7-13(16(10)19)14(18)9-21-12-5-3-11(17)4-6-12/h3-8,19H,9H2,1-2H3. The molecule has 0 aromatic heterocycles. The van der Waals surface area contributed by atoms with E-state index in [1.807, 2.05) is 0 Å². The average molecular weight is 290 g/mol. The first-order valence-electron chi connectivity index (χ1n) is 6.31. The highest BCUT2D eigenvalue weighted by atomic mass is 19.1. The Kier molecular flexibility index (Phi) is 4.42. The lowest BCUT2D eigenvalue weighted by atomic mass is 10.1. The van der Waals surface area contributed by atoms with Crippen molar-refractivity contribution >= 4 is 5.78 Å². The first-order chi connectivity index (χ1) is 10.0. The van der Waals surface area contributed by atoms with Gasteiger partial charge in [0.1, 0.15) is 23.1 Å². The number of benzene rings is 2. The molecule has 2 aromatic carbocycles. The fraction of sp³-hybridized carbons (Fsp3) is 0.188. The molecule has 0 heterocycles. The summed E-state index contributed by atoms with van der Waals surface area (Å²) in [5.74, 6) is 0.0136. The summed E-state index contributed by atoms with van der Waals surface area (Å²) in [6.45, 7) is 1.41. The molecule has 110 valence electrons. The van der Waals surface area contributed by atoms with Crippen molar-refractivity contribution in [2.75, 3.05) is 13.7 Å². The van der Waals surface area contributed by atoms with E-state index in [2.05, 4.69) is 0 Å². The number of rotatable bonds is 5. The fourth-order valence-corrected chi connectivity index (χ4v) is 1.89. The van der Waals surface area contributed by atoms with E-state index in [0.29, 0.717) is 17.1 Å². The zero-order chi connectivity index (χ0) is 15.4. The second-order valence-electron chi connectivity index (χ2n) is 4.45. The molecule has 5 heteroatoms. The molecule has 0 unspecified atom stereocenters. The molecule has 4 nitrogen and oxygen atoms in total. The second kappa shape index (κ2) is 6.26. The molecule has 0 fully saturated rings. The van der Waals surface area contributed by atoms with E-state index >= 15 is 0 Å². The molecule has 21 heavy (non-hydrogen) atoms. The molecule has 0 saturated carbocycles. The molecule has 2 rings (SSSR count). The third kappa shape index (κ3) is 3.31. The van der Waals surface area contributed by atoms with Crippen LogP contribution in [0.15, 0.2) is 36.4 Å². The fourth-order valence-electron chi connectivity index (χ4n) is 1.89. The van der Waals surface area contributed by atoms with Crippen molar-refractivity contribution in [3.05, 3.63) is 53.3 Å². The van der Waals surface area contributed by atoms with Crippen LogP contribution in [0.2, 0.25) is 0 Å². The minimum atomic E-state index is -0.378. The average Bonchev–Trinajstić information content (AvgIpc) is 2.49. The predicted molar refractivity (Wildman–Crippen MR) is 75.6 cm³/mol. The number of phenols is 1. The van der Waals surface area contributed by atoms with Gasteiger partial charge in [0.15, 0.2) is 6.61 Å². The van der Waals surface area contributed by atoms with E-state index in [4.69, 9.17) is 9.47 Å². The van der Waals surface area contributed by atoms with Crippen LogP contribution in [0.4, 0.5) is 4.39 Å². The largest absolute Gasteiger partial charge is 0.507 e. The minimum absolute atomic E-state index is 0.123. The van der Waals surface area contributed by atoms with Gasteiger partial charge in [-0.2, -0.15) is 0 Å². The number of methoxy groups -OCH3 is 1. The maximum absolute atomic E-state index is 12.8. The topological polar surface area (TPSA) is 55.8 Å². The lowest BCUT2D eigenvalue weighted by molar-refractivity contribution is 0.0918. The Morgan fingerprint density at radius 1 is 1.19 bits per heavy atom. The zero-order valence-electron chi connectivity index (χ0n) is 11.7. The number of ether oxygens (including phenoxy) is 2. The molecule has 0 aliphatic rings. The summed E-state index contributed by atoms with van der Waals surface area (Å²) in [6.07, 6.45) is 0. The van der Waals surface area contributed by atoms with Crippen molar-refractivity contribution in [1.82, 2.24) is 0 Å². The van der Waals surface area contributed by atoms with Crippen LogP contribution in [0.3, 0.4) is 0 Å². The zero-order valence-corrected chi connectivity index (χ0v) is 11.7. The van der Waals surface area contributed by atoms with Gasteiger partial charge < -0.3 is 14.6 Å². The van der Waals surface area contributed by atoms with Crippen molar-refractivity contribution < 1.29 is 23.8 Å². The van der Waals surface area contributed by atoms with Crippen LogP contribution in [-0.4, -0.2) is 24.6 Å². The van der Waals surface area contributed by atoms with Crippen LogP contribution >= 0.6 is 0 Å². The van der Waals surface area contributed by atoms with Crippen LogP contribution in [0, 0.1) is 12.7 Å². The maximum Gasteiger partial charge on any atom is 0.203 e. The van der Waals surface area contributed by atoms with Gasteiger partial charge in [-0.3, -0.25) is 4.79 Å². The second-order valence-corrected chi connectivity index (χ2v) is 4.45. The lowest BCUT2D eigenvalue weighted by Gasteiger charge is -2.11. The first-order valence-corrected chi connectivity index (χ1v) is 6.31. The predicted octanol–water partition coefficient (Wildman–Crippen LogP) is 3.11. The first kappa shape index (κ1) is 14.8. The van der Waals surface area contributed by atoms with E-state index in [9.17, 15) is 14.3 Å². The number of carbonyl (C=O) groups excluding carboxylic acids is 1. The number of carbonyl (C=O) groups is 1. The van der Waals surface area contributed by atoms with E-state index in [1.54, 1.807) is 13.0 Å². The summed E-state index contributed by atoms with van der Waals surface area (Å²) in [5.41, 5.74) is 0.653. The van der Waals surface area contributed by atoms with Gasteiger partial charge in [-0.05, 0) is 43.3 Å². The number of aromatic hydroxyl groups is 1. The van der Waals surface area contributed by atoms with Gasteiger partial charge in [0, 0.05) is 5.56 Å². The molecular weight excluding hydrogens is 275 g/mol. The maximum atomic E-state index is 12.8. The van der Waals surface area contributed by atoms with Gasteiger partial charge in [-0.1, -0.05) is 0 Å². The van der Waals surface area contributed by atoms with Gasteiger partial charge >= 0.3 is 0 Å². The molecule has 0 spiro atoms. The summed E-state index contributed by atoms with van der Waals surface area (Å²) < 4.78 is 23.1. The SMILES string of the molecule is COc1ccc(C(=O)COc2ccc(F)cc2)c(O)c1C. The highest BCUT2D eigenvalue weighted by molar-refractivity contribution is 6.00. The Bertz CT molecular complexity index is 650. The molecule has 0 radical (unpaired) electrons. The molecule has 0 saturated heterocycles. The summed E-state index contributed by atoms with van der Waals surface area (Å²) in [4.78, 5) is 12.1. The molecule has 0 aliphatic carbocycles. The smallest absolute Gasteiger partial charge is 0.203 e. The number of phenolic OH excluding ortho intramolecular Hbond substituents is 1. The van der Waals surface area contributed by atoms with Crippen LogP contribution < -0.4 is 9.47 Å². The summed E-state index contributed by atoms with van der Waals surface area (Å²) in [6, 6.07) is 8.45. The van der Waals surface area contributed by atoms with E-state index < -0.39 is 0 Å². The Balaban J connectivity index is 2.10. The lowest BCUT2D eigenvalue weighted by Crippen LogP contribution is -2.12. The van der Waals surface area contributed by atoms with Crippen molar-refractivity contribution in [2.24, 2.45) is 0 Å². The molecule has 0 aliphatic heterocycles. The Morgan fingerprint density at radius 3 is 2.48 bits per heavy atom. The van der Waals surface area contributed by atoms with Gasteiger partial charge in [0.2, 0.25) is 5.78 Å². The molecule has 0 amide bonds. The third-order valence-corrected chi connectivity index (χ3v) is 3.09. The van der Waals surface area contributed by atoms with Crippen molar-refractivity contribution in [3.63, 3.8) is 0 Å². The summed E-state index contributed by atoms with van der Waals surface area (Å²) in [7, 11) is 1.49. The Morgan fingerprint density at radius 2 is 1.86 bits per heavy atom. The monoisotopic (exact) mass is 290 g/mol. The van der Waals surface area contributed by atoms with E-state index in [-0.39, 0.29) is 29.5 Å². The minimum Gasteiger partial charge on any atom is -0.507 e. The quantitative estimate of drug-likeness (QED) is 0.860. The molecule has 2 aromatic rings.